The molecule has 0 saturated carbocycles. The fourth-order valence-electron chi connectivity index (χ4n) is 7.71. The van der Waals surface area contributed by atoms with Crippen LogP contribution in [0.2, 0.25) is 0 Å². The minimum atomic E-state index is -0.436. The van der Waals surface area contributed by atoms with Gasteiger partial charge in [-0.15, -0.1) is 0 Å². The summed E-state index contributed by atoms with van der Waals surface area (Å²) in [5.41, 5.74) is 12.6. The van der Waals surface area contributed by atoms with Gasteiger partial charge < -0.3 is 28.4 Å². The second-order valence-electron chi connectivity index (χ2n) is 20.6. The molecular weight excluding hydrogens is 1190 g/mol. The number of carbonyl (C=O) groups excluding carboxylic acids is 6. The molecule has 0 saturated heterocycles. The number of rotatable bonds is 12. The first kappa shape index (κ1) is 82.0. The molecule has 0 N–H and O–H groups in total. The van der Waals surface area contributed by atoms with Crippen LogP contribution in [0.15, 0.2) is 237 Å². The number of esters is 6. The fraction of sp³-hybridized carbons (Fsp3) is 0.205. The van der Waals surface area contributed by atoms with Gasteiger partial charge in [0.25, 0.3) is 0 Å². The van der Waals surface area contributed by atoms with Crippen LogP contribution in [0.5, 0.6) is 34.5 Å². The van der Waals surface area contributed by atoms with Crippen LogP contribution in [0.25, 0.3) is 0 Å². The SMILES string of the molecule is C.C.C.C.CC.CC.Cc1ccc(C(=O)Oc2ccc(OC(=O)c3ccc(C)cc3)c(C)c2)cc1.Cc1ccc(C(=O)Oc2ccc(OC(=O)c3ccc(C)cc3)cc2)cc1.Cc1ccc(OC(=O)c2ccc(C)cc2)cc1.Cc1ccc(OC(=O)c2ccc(C)cc2)cc1. The van der Waals surface area contributed by atoms with Gasteiger partial charge in [0.15, 0.2) is 0 Å². The molecule has 498 valence electrons. The first-order chi connectivity index (χ1) is 43.7. The number of carbonyl (C=O) groups is 6. The van der Waals surface area contributed by atoms with Crippen molar-refractivity contribution in [3.05, 3.63) is 320 Å². The van der Waals surface area contributed by atoms with Crippen molar-refractivity contribution in [1.82, 2.24) is 0 Å². The third-order valence-electron chi connectivity index (χ3n) is 13.0. The molecule has 0 fully saturated rings. The normalized spacial score (nSPS) is 9.44. The molecule has 0 atom stereocenters. The lowest BCUT2D eigenvalue weighted by Gasteiger charge is -2.10. The van der Waals surface area contributed by atoms with Gasteiger partial charge in [-0.25, -0.2) is 28.8 Å². The van der Waals surface area contributed by atoms with Gasteiger partial charge >= 0.3 is 35.8 Å². The summed E-state index contributed by atoms with van der Waals surface area (Å²) < 4.78 is 32.0. The molecule has 0 aliphatic rings. The molecule has 0 bridgehead atoms. The van der Waals surface area contributed by atoms with E-state index < -0.39 is 23.9 Å². The van der Waals surface area contributed by atoms with E-state index in [1.54, 1.807) is 146 Å². The number of benzene rings is 10. The monoisotopic (exact) mass is 1280 g/mol. The van der Waals surface area contributed by atoms with E-state index in [9.17, 15) is 28.8 Å². The Morgan fingerprint density at radius 2 is 0.347 bits per heavy atom. The zero-order valence-electron chi connectivity index (χ0n) is 53.9. The Labute approximate surface area is 564 Å². The Hall–Kier alpha value is -11.0. The average molecular weight is 1280 g/mol. The molecule has 0 spiro atoms. The van der Waals surface area contributed by atoms with E-state index in [4.69, 9.17) is 28.4 Å². The first-order valence-electron chi connectivity index (χ1n) is 29.8. The summed E-state index contributed by atoms with van der Waals surface area (Å²) in [4.78, 5) is 72.2. The highest BCUT2D eigenvalue weighted by Crippen LogP contribution is 2.26. The van der Waals surface area contributed by atoms with Crippen LogP contribution in [0.3, 0.4) is 0 Å². The van der Waals surface area contributed by atoms with E-state index >= 15 is 0 Å². The van der Waals surface area contributed by atoms with E-state index in [2.05, 4.69) is 0 Å². The van der Waals surface area contributed by atoms with Crippen LogP contribution < -0.4 is 28.4 Å². The zero-order chi connectivity index (χ0) is 66.4. The molecule has 12 heteroatoms. The Morgan fingerprint density at radius 1 is 0.200 bits per heavy atom. The molecule has 10 rings (SSSR count). The second kappa shape index (κ2) is 42.2. The van der Waals surface area contributed by atoms with Gasteiger partial charge in [0, 0.05) is 0 Å². The quantitative estimate of drug-likeness (QED) is 0.0843. The Morgan fingerprint density at radius 3 is 0.537 bits per heavy atom. The summed E-state index contributed by atoms with van der Waals surface area (Å²) in [5.74, 6) is 0.343. The zero-order valence-corrected chi connectivity index (χ0v) is 53.9. The lowest BCUT2D eigenvalue weighted by molar-refractivity contribution is 0.0718. The van der Waals surface area contributed by atoms with Crippen molar-refractivity contribution in [3.63, 3.8) is 0 Å². The lowest BCUT2D eigenvalue weighted by atomic mass is 10.1. The van der Waals surface area contributed by atoms with Crippen molar-refractivity contribution in [2.75, 3.05) is 0 Å². The molecule has 0 radical (unpaired) electrons. The predicted octanol–water partition coefficient (Wildman–Crippen LogP) is 21.4. The van der Waals surface area contributed by atoms with Crippen molar-refractivity contribution >= 4 is 35.8 Å². The van der Waals surface area contributed by atoms with Crippen molar-refractivity contribution in [2.45, 2.75) is 120 Å². The highest BCUT2D eigenvalue weighted by Gasteiger charge is 2.15. The predicted molar refractivity (Wildman–Crippen MR) is 386 cm³/mol. The number of hydrogen-bond acceptors (Lipinski definition) is 12. The van der Waals surface area contributed by atoms with Gasteiger partial charge in [-0.05, 0) is 207 Å². The molecule has 0 heterocycles. The number of hydrogen-bond donors (Lipinski definition) is 0. The van der Waals surface area contributed by atoms with E-state index in [0.29, 0.717) is 73.4 Å². The van der Waals surface area contributed by atoms with Crippen LogP contribution in [0.4, 0.5) is 0 Å². The molecule has 0 aliphatic carbocycles. The summed E-state index contributed by atoms with van der Waals surface area (Å²) in [6, 6.07) is 69.3. The fourth-order valence-corrected chi connectivity index (χ4v) is 7.71. The van der Waals surface area contributed by atoms with Gasteiger partial charge in [0.05, 0.1) is 33.4 Å². The molecule has 10 aromatic rings. The number of ether oxygens (including phenoxy) is 6. The van der Waals surface area contributed by atoms with Crippen molar-refractivity contribution in [2.24, 2.45) is 0 Å². The summed E-state index contributed by atoms with van der Waals surface area (Å²) in [6.07, 6.45) is 0. The van der Waals surface area contributed by atoms with Gasteiger partial charge in [0.2, 0.25) is 0 Å². The van der Waals surface area contributed by atoms with E-state index in [1.807, 2.05) is 180 Å². The van der Waals surface area contributed by atoms with Gasteiger partial charge in [-0.3, -0.25) is 0 Å². The lowest BCUT2D eigenvalue weighted by Crippen LogP contribution is -2.10. The third-order valence-corrected chi connectivity index (χ3v) is 13.0. The summed E-state index contributed by atoms with van der Waals surface area (Å²) >= 11 is 0. The highest BCUT2D eigenvalue weighted by molar-refractivity contribution is 5.94. The maximum Gasteiger partial charge on any atom is 0.343 e. The standard InChI is InChI=1S/C23H20O4.C22H18O4.2C15H14O2.2C2H6.4CH4/c1-15-4-8-18(9-5-15)22(24)26-20-12-13-21(17(3)14-20)27-23(25)19-10-6-16(2)7-11-19;1-15-3-7-17(8-4-15)21(23)25-19-11-13-20(14-12-19)26-22(24)18-9-5-16(2)6-10-18;2*1-11-3-7-13(8-4-11)15(16)17-14-9-5-12(2)6-10-14;2*1-2;;;;/h4-14H,1-3H3;3-14H,1-2H3;2*3-10H,1-2H3;2*1-2H3;4*1H4. The van der Waals surface area contributed by atoms with Crippen LogP contribution >= 0.6 is 0 Å². The smallest absolute Gasteiger partial charge is 0.343 e. The molecule has 0 amide bonds. The van der Waals surface area contributed by atoms with E-state index in [0.717, 1.165) is 44.5 Å². The highest BCUT2D eigenvalue weighted by atomic mass is 16.6. The summed E-state index contributed by atoms with van der Waals surface area (Å²) in [5, 5.41) is 0. The van der Waals surface area contributed by atoms with Gasteiger partial charge in [-0.2, -0.15) is 0 Å². The molecular formula is C83H94O12. The topological polar surface area (TPSA) is 158 Å². The molecule has 0 aromatic heterocycles. The van der Waals surface area contributed by atoms with E-state index in [1.165, 1.54) is 0 Å². The Balaban J connectivity index is 0.000000625. The maximum absolute atomic E-state index is 12.2. The average Bonchev–Trinajstić information content (AvgIpc) is 1.03. The minimum Gasteiger partial charge on any atom is -0.423 e. The van der Waals surface area contributed by atoms with Crippen molar-refractivity contribution < 1.29 is 57.2 Å². The maximum atomic E-state index is 12.2. The molecule has 10 aromatic carbocycles. The molecule has 0 aliphatic heterocycles. The third kappa shape index (κ3) is 27.8. The minimum absolute atomic E-state index is 0. The van der Waals surface area contributed by atoms with Crippen LogP contribution in [0, 0.1) is 62.3 Å². The second-order valence-corrected chi connectivity index (χ2v) is 20.6. The van der Waals surface area contributed by atoms with Gasteiger partial charge in [-0.1, -0.05) is 199 Å². The van der Waals surface area contributed by atoms with Crippen LogP contribution in [-0.2, 0) is 0 Å². The van der Waals surface area contributed by atoms with Crippen LogP contribution in [0.1, 0.15) is 170 Å². The molecule has 0 unspecified atom stereocenters. The number of aryl methyl sites for hydroxylation is 9. The van der Waals surface area contributed by atoms with Crippen molar-refractivity contribution in [3.8, 4) is 34.5 Å². The summed E-state index contributed by atoms with van der Waals surface area (Å²) in [7, 11) is 0. The molecule has 95 heavy (non-hydrogen) atoms. The first-order valence-corrected chi connectivity index (χ1v) is 29.8. The van der Waals surface area contributed by atoms with Gasteiger partial charge in [0.1, 0.15) is 34.5 Å². The van der Waals surface area contributed by atoms with Crippen LogP contribution in [-0.4, -0.2) is 35.8 Å². The van der Waals surface area contributed by atoms with E-state index in [-0.39, 0.29) is 41.6 Å². The molecule has 12 nitrogen and oxygen atoms in total. The largest absolute Gasteiger partial charge is 0.423 e. The van der Waals surface area contributed by atoms with Crippen molar-refractivity contribution in [1.29, 1.82) is 0 Å². The Kier molecular flexibility index (Phi) is 36.5. The Bertz CT molecular complexity index is 3750. The summed E-state index contributed by atoms with van der Waals surface area (Å²) in [6.45, 7) is 25.5.